The van der Waals surface area contributed by atoms with Crippen LogP contribution in [0.2, 0.25) is 0 Å². The van der Waals surface area contributed by atoms with Crippen molar-refractivity contribution in [3.05, 3.63) is 0 Å². The van der Waals surface area contributed by atoms with Crippen molar-refractivity contribution in [2.24, 2.45) is 0 Å². The highest BCUT2D eigenvalue weighted by molar-refractivity contribution is 5.75. The monoisotopic (exact) mass is 1680 g/mol. The minimum absolute atomic E-state index is 0.832. The van der Waals surface area contributed by atoms with E-state index in [0.717, 1.165) is 34.6 Å². The molecule has 666 valence electrons. The lowest BCUT2D eigenvalue weighted by Gasteiger charge is -2.52. The summed E-state index contributed by atoms with van der Waals surface area (Å²) in [6, 6.07) is -9.58. The lowest BCUT2D eigenvalue weighted by Crippen LogP contribution is -2.71. The van der Waals surface area contributed by atoms with Gasteiger partial charge in [-0.15, -0.1) is 0 Å². The average molecular weight is 1680 g/mol. The van der Waals surface area contributed by atoms with Crippen LogP contribution >= 0.6 is 0 Å². The molecule has 51 heteroatoms. The maximum atomic E-state index is 13.2. The van der Waals surface area contributed by atoms with Crippen molar-refractivity contribution in [3.63, 3.8) is 0 Å². The van der Waals surface area contributed by atoms with E-state index in [-0.39, 0.29) is 0 Å². The summed E-state index contributed by atoms with van der Waals surface area (Å²) in [7, 11) is 0. The molecule has 30 N–H and O–H groups in total. The molecule has 0 radical (unpaired) electrons. The van der Waals surface area contributed by atoms with Crippen molar-refractivity contribution in [3.8, 4) is 0 Å². The number of aliphatic hydroxyl groups excluding tert-OH is 25. The summed E-state index contributed by atoms with van der Waals surface area (Å²) in [6.07, 6.45) is -85.3. The van der Waals surface area contributed by atoms with E-state index in [4.69, 9.17) is 75.8 Å². The first kappa shape index (κ1) is 96.2. The zero-order valence-corrected chi connectivity index (χ0v) is 62.2. The molecule has 0 bridgehead atoms. The van der Waals surface area contributed by atoms with Gasteiger partial charge in [0, 0.05) is 34.6 Å². The Hall–Kier alpha value is -4.29. The van der Waals surface area contributed by atoms with Gasteiger partial charge in [0.15, 0.2) is 50.3 Å². The van der Waals surface area contributed by atoms with Gasteiger partial charge >= 0.3 is 0 Å². The normalized spacial score (nSPS) is 45.0. The van der Waals surface area contributed by atoms with Crippen LogP contribution in [0.15, 0.2) is 0 Å². The Morgan fingerprint density at radius 2 is 0.609 bits per heavy atom. The second kappa shape index (κ2) is 43.0. The molecule has 8 heterocycles. The predicted molar refractivity (Wildman–Crippen MR) is 357 cm³/mol. The first-order valence-corrected chi connectivity index (χ1v) is 36.5. The highest BCUT2D eigenvalue weighted by Crippen LogP contribution is 2.41. The van der Waals surface area contributed by atoms with E-state index < -0.39 is 365 Å². The Morgan fingerprint density at radius 3 is 1.01 bits per heavy atom. The van der Waals surface area contributed by atoms with Crippen molar-refractivity contribution in [2.45, 2.75) is 304 Å². The van der Waals surface area contributed by atoms with E-state index in [1.54, 1.807) is 0 Å². The van der Waals surface area contributed by atoms with Crippen molar-refractivity contribution in [2.75, 3.05) is 66.1 Å². The zero-order valence-electron chi connectivity index (χ0n) is 62.2. The molecule has 8 saturated heterocycles. The third-order valence-corrected chi connectivity index (χ3v) is 20.4. The fraction of sp³-hybridized carbons (Fsp3) is 0.922. The van der Waals surface area contributed by atoms with Crippen LogP contribution in [0.25, 0.3) is 0 Å². The minimum Gasteiger partial charge on any atom is -0.394 e. The second-order valence-electron chi connectivity index (χ2n) is 28.7. The molecule has 8 aliphatic heterocycles. The average Bonchev–Trinajstić information content (AvgIpc) is 0.695. The molecule has 0 aromatic heterocycles. The molecular formula is C64H109N5O46. The Kier molecular flexibility index (Phi) is 35.9. The summed E-state index contributed by atoms with van der Waals surface area (Å²) < 4.78 is 97.6. The molecule has 0 spiro atoms. The summed E-state index contributed by atoms with van der Waals surface area (Å²) in [6.45, 7) is -6.99. The molecule has 8 rings (SSSR count). The summed E-state index contributed by atoms with van der Waals surface area (Å²) in [5, 5.41) is 291. The summed E-state index contributed by atoms with van der Waals surface area (Å²) in [5.74, 6) is -4.72. The number of hydrogen-bond acceptors (Lipinski definition) is 46. The minimum atomic E-state index is -2.75. The molecule has 0 aromatic rings. The van der Waals surface area contributed by atoms with E-state index in [9.17, 15) is 152 Å². The third-order valence-electron chi connectivity index (χ3n) is 20.4. The van der Waals surface area contributed by atoms with Crippen LogP contribution in [0.1, 0.15) is 34.6 Å². The number of nitrogens with one attached hydrogen (secondary N) is 5. The molecule has 115 heavy (non-hydrogen) atoms. The van der Waals surface area contributed by atoms with E-state index in [0.29, 0.717) is 0 Å². The topological polar surface area (TPSA) is 799 Å². The maximum Gasteiger partial charge on any atom is 0.217 e. The highest BCUT2D eigenvalue weighted by Gasteiger charge is 2.61. The van der Waals surface area contributed by atoms with E-state index >= 15 is 0 Å². The summed E-state index contributed by atoms with van der Waals surface area (Å²) in [4.78, 5) is 64.0. The van der Waals surface area contributed by atoms with Gasteiger partial charge < -0.3 is 230 Å². The molecular weight excluding hydrogens is 1570 g/mol. The van der Waals surface area contributed by atoms with Crippen molar-refractivity contribution in [1.82, 2.24) is 26.6 Å². The van der Waals surface area contributed by atoms with Crippen LogP contribution in [0.4, 0.5) is 0 Å². The van der Waals surface area contributed by atoms with Gasteiger partial charge in [0.1, 0.15) is 213 Å². The van der Waals surface area contributed by atoms with Crippen LogP contribution in [0.3, 0.4) is 0 Å². The first-order chi connectivity index (χ1) is 54.4. The Morgan fingerprint density at radius 1 is 0.296 bits per heavy atom. The predicted octanol–water partition coefficient (Wildman–Crippen LogP) is -20.3. The van der Waals surface area contributed by atoms with Gasteiger partial charge in [0.05, 0.1) is 72.1 Å². The fourth-order valence-electron chi connectivity index (χ4n) is 14.4. The van der Waals surface area contributed by atoms with Gasteiger partial charge in [0.2, 0.25) is 29.5 Å². The van der Waals surface area contributed by atoms with Gasteiger partial charge in [-0.3, -0.25) is 24.0 Å². The van der Waals surface area contributed by atoms with Crippen LogP contribution in [0, 0.1) is 0 Å². The molecule has 44 atom stereocenters. The number of hydrogen-bond donors (Lipinski definition) is 30. The maximum absolute atomic E-state index is 13.2. The van der Waals surface area contributed by atoms with Crippen molar-refractivity contribution in [1.29, 1.82) is 0 Å². The van der Waals surface area contributed by atoms with Gasteiger partial charge in [-0.25, -0.2) is 0 Å². The van der Waals surface area contributed by atoms with Crippen LogP contribution in [0.5, 0.6) is 0 Å². The number of ether oxygens (including phenoxy) is 16. The molecule has 51 nitrogen and oxygen atoms in total. The molecule has 0 unspecified atom stereocenters. The molecule has 5 amide bonds. The first-order valence-electron chi connectivity index (χ1n) is 36.5. The smallest absolute Gasteiger partial charge is 0.217 e. The summed E-state index contributed by atoms with van der Waals surface area (Å²) in [5.41, 5.74) is 0. The molecule has 8 aliphatic rings. The number of carbonyl (C=O) groups is 5. The number of carbonyl (C=O) groups excluding carboxylic acids is 5. The van der Waals surface area contributed by atoms with E-state index in [1.165, 1.54) is 0 Å². The van der Waals surface area contributed by atoms with E-state index in [2.05, 4.69) is 26.6 Å². The Labute approximate surface area is 652 Å². The Balaban J connectivity index is 1.28. The largest absolute Gasteiger partial charge is 0.394 e. The molecule has 0 aliphatic carbocycles. The van der Waals surface area contributed by atoms with Crippen LogP contribution < -0.4 is 26.6 Å². The summed E-state index contributed by atoms with van der Waals surface area (Å²) >= 11 is 0. The van der Waals surface area contributed by atoms with Gasteiger partial charge in [-0.2, -0.15) is 0 Å². The second-order valence-corrected chi connectivity index (χ2v) is 28.7. The van der Waals surface area contributed by atoms with Crippen molar-refractivity contribution >= 4 is 29.5 Å². The molecule has 8 fully saturated rings. The standard InChI is InChI=1S/C64H109N5O46/c1-16(79)65-21(6-70)35(85)50(22(84)7-71)109-59-33(68-19(4)82)43(93)52(29(14-78)106-59)111-62-49(99)54(113-64-56(47(97)40(90)27(12-76)105-64)115-60-34(69-20(5)83)44(94)51(28(13-77)107-60)110-61-48(98)45(95)38(88)25(10-74)103-61)53(112-57-31(66-17(2)80)41(91)36(86)23(8-72)101-57)30(108-62)15-100-63-55(46(96)39(89)26(11-75)104-63)114-58-32(67-18(3)81)42(92)37(87)24(9-73)102-58/h21-64,70-78,84-99H,6-15H2,1-5H3,(H,65,79)(H,66,80)(H,67,81)(H,68,82)(H,69,83)/t21-,22+,23+,24+,25+,26+,27+,28+,29+,30+,31+,32+,33+,34+,35+,36+,37+,38-,39+,40+,41+,42+,43+,44+,45-,46-,47-,48+,49-,50+,51+,52+,53+,54+,55-,56-,57-,58-,59-,60-,61-,62-,63-,64+/m0/s1. The Bertz CT molecular complexity index is 3050. The van der Waals surface area contributed by atoms with Gasteiger partial charge in [-0.1, -0.05) is 0 Å². The third kappa shape index (κ3) is 22.3. The van der Waals surface area contributed by atoms with Gasteiger partial charge in [0.25, 0.3) is 0 Å². The van der Waals surface area contributed by atoms with Crippen molar-refractivity contribution < 1.29 is 227 Å². The lowest BCUT2D eigenvalue weighted by atomic mass is 9.93. The number of amides is 5. The number of rotatable bonds is 34. The van der Waals surface area contributed by atoms with Crippen LogP contribution in [-0.4, -0.2) is 493 Å². The van der Waals surface area contributed by atoms with Crippen LogP contribution in [-0.2, 0) is 99.8 Å². The fourth-order valence-corrected chi connectivity index (χ4v) is 14.4. The SMILES string of the molecule is CC(=O)N[C@H]1[C@H](O[C@@H]([C@H](O)[C@H](CO)NC(C)=O)[C@H](O)CO)O[C@H](CO)[C@@H](O[C@@H]2O[C@H](CO[C@H]3O[C@H](CO)[C@@H](O)[C@H](O)[C@@H]3O[C@@H]3O[C@H](CO)[C@@H](O)[C@H](O)[C@H]3NC(C)=O)[C@@H](O[C@@H]3O[C@H](CO)[C@@H](O)[C@H](O)[C@H]3NC(C)=O)[C@H](O[C@H]3O[C@H](CO)[C@@H](O)[C@H](O)[C@@H]3O[C@@H]3O[C@H](CO)[C@@H](O[C@@H]4O[C@H](CO)[C@H](O)[C@H](O)[C@H]4O)[C@H](O)[C@H]3NC(C)=O)[C@@H]2O)[C@@H]1O. The quantitative estimate of drug-likeness (QED) is 0.0284. The lowest BCUT2D eigenvalue weighted by molar-refractivity contribution is -0.408. The molecule has 0 saturated carbocycles. The highest BCUT2D eigenvalue weighted by atomic mass is 16.8. The zero-order chi connectivity index (χ0) is 85.2. The molecule has 0 aromatic carbocycles. The van der Waals surface area contributed by atoms with E-state index in [1.807, 2.05) is 0 Å². The van der Waals surface area contributed by atoms with Gasteiger partial charge in [-0.05, 0) is 0 Å². The number of aliphatic hydroxyl groups is 25.